The average molecular weight is 340 g/mol. The second kappa shape index (κ2) is 7.44. The lowest BCUT2D eigenvalue weighted by molar-refractivity contribution is -0.113. The third kappa shape index (κ3) is 5.04. The van der Waals surface area contributed by atoms with Crippen LogP contribution in [-0.4, -0.2) is 50.9 Å². The van der Waals surface area contributed by atoms with Crippen molar-refractivity contribution in [3.05, 3.63) is 24.3 Å². The zero-order valence-corrected chi connectivity index (χ0v) is 16.1. The minimum atomic E-state index is -1.92. The van der Waals surface area contributed by atoms with Crippen molar-refractivity contribution in [3.63, 3.8) is 0 Å². The highest BCUT2D eigenvalue weighted by molar-refractivity contribution is 6.74. The van der Waals surface area contributed by atoms with Gasteiger partial charge in [0.15, 0.2) is 14.1 Å². The number of ether oxygens (including phenoxy) is 1. The summed E-state index contributed by atoms with van der Waals surface area (Å²) in [4.78, 5) is 25.4. The first-order valence-corrected chi connectivity index (χ1v) is 10.8. The minimum Gasteiger partial charge on any atom is -0.445 e. The van der Waals surface area contributed by atoms with Crippen LogP contribution in [0.2, 0.25) is 18.1 Å². The summed E-state index contributed by atoms with van der Waals surface area (Å²) in [6.45, 7) is 16.7. The van der Waals surface area contributed by atoms with Gasteiger partial charge in [0.25, 0.3) is 0 Å². The Bertz CT molecular complexity index is 505. The summed E-state index contributed by atoms with van der Waals surface area (Å²) in [5.74, 6) is -0.0265. The molecule has 5 nitrogen and oxygen atoms in total. The number of carbonyl (C=O) groups is 2. The molecule has 0 aliphatic carbocycles. The highest BCUT2D eigenvalue weighted by atomic mass is 28.4. The number of hydrogen-bond donors (Lipinski definition) is 0. The fraction of sp³-hybridized carbons (Fsp3) is 0.647. The van der Waals surface area contributed by atoms with E-state index in [-0.39, 0.29) is 30.0 Å². The van der Waals surface area contributed by atoms with E-state index in [0.717, 1.165) is 0 Å². The zero-order valence-electron chi connectivity index (χ0n) is 15.1. The first-order valence-electron chi connectivity index (χ1n) is 7.89. The number of ketones is 1. The first kappa shape index (κ1) is 19.6. The van der Waals surface area contributed by atoms with Crippen LogP contribution >= 0.6 is 0 Å². The van der Waals surface area contributed by atoms with Crippen molar-refractivity contribution >= 4 is 20.2 Å². The lowest BCUT2D eigenvalue weighted by atomic mass is 10.2. The Balaban J connectivity index is 2.83. The van der Waals surface area contributed by atoms with Gasteiger partial charge in [0.05, 0.1) is 19.2 Å². The van der Waals surface area contributed by atoms with E-state index < -0.39 is 14.4 Å². The van der Waals surface area contributed by atoms with Gasteiger partial charge in [-0.2, -0.15) is 0 Å². The molecule has 0 bridgehead atoms. The predicted molar refractivity (Wildman–Crippen MR) is 94.0 cm³/mol. The minimum absolute atomic E-state index is 0.0265. The molecule has 0 saturated carbocycles. The molecule has 1 unspecified atom stereocenters. The molecule has 0 saturated heterocycles. The molecular formula is C17H29NO4Si. The molecule has 0 N–H and O–H groups in total. The van der Waals surface area contributed by atoms with Gasteiger partial charge in [-0.05, 0) is 25.1 Å². The molecule has 0 fully saturated rings. The molecule has 1 atom stereocenters. The van der Waals surface area contributed by atoms with Gasteiger partial charge in [0.1, 0.15) is 6.61 Å². The normalized spacial score (nSPS) is 18.6. The van der Waals surface area contributed by atoms with Crippen molar-refractivity contribution in [2.75, 3.05) is 19.8 Å². The van der Waals surface area contributed by atoms with Crippen LogP contribution in [0.3, 0.4) is 0 Å². The number of amides is 1. The van der Waals surface area contributed by atoms with Crippen LogP contribution in [0.15, 0.2) is 24.3 Å². The van der Waals surface area contributed by atoms with Crippen LogP contribution in [0.1, 0.15) is 27.7 Å². The molecule has 23 heavy (non-hydrogen) atoms. The van der Waals surface area contributed by atoms with Gasteiger partial charge in [-0.1, -0.05) is 39.5 Å². The number of hydrogen-bond acceptors (Lipinski definition) is 4. The Labute approximate surface area is 140 Å². The molecule has 0 aromatic carbocycles. The summed E-state index contributed by atoms with van der Waals surface area (Å²) >= 11 is 0. The SMILES string of the molecule is C=CCOC(=O)N1CC(C(C)=O)=CC1CO[Si](C)(C)C(C)(C)C. The molecule has 0 aromatic rings. The van der Waals surface area contributed by atoms with Gasteiger partial charge >= 0.3 is 6.09 Å². The van der Waals surface area contributed by atoms with Crippen molar-refractivity contribution in [1.29, 1.82) is 0 Å². The average Bonchev–Trinajstić information content (AvgIpc) is 2.86. The van der Waals surface area contributed by atoms with E-state index >= 15 is 0 Å². The topological polar surface area (TPSA) is 55.8 Å². The summed E-state index contributed by atoms with van der Waals surface area (Å²) in [7, 11) is -1.92. The summed E-state index contributed by atoms with van der Waals surface area (Å²) in [5, 5.41) is 0.0902. The van der Waals surface area contributed by atoms with Crippen LogP contribution in [0.5, 0.6) is 0 Å². The van der Waals surface area contributed by atoms with Crippen LogP contribution in [-0.2, 0) is 14.0 Å². The smallest absolute Gasteiger partial charge is 0.410 e. The van der Waals surface area contributed by atoms with Crippen LogP contribution in [0.4, 0.5) is 4.79 Å². The molecule has 1 amide bonds. The maximum atomic E-state index is 12.2. The first-order chi connectivity index (χ1) is 10.5. The Morgan fingerprint density at radius 3 is 2.52 bits per heavy atom. The summed E-state index contributed by atoms with van der Waals surface area (Å²) in [6, 6.07) is -0.264. The molecule has 0 radical (unpaired) electrons. The Morgan fingerprint density at radius 1 is 1.43 bits per heavy atom. The van der Waals surface area contributed by atoms with E-state index in [0.29, 0.717) is 12.2 Å². The molecular weight excluding hydrogens is 310 g/mol. The summed E-state index contributed by atoms with van der Waals surface area (Å²) < 4.78 is 11.3. The molecule has 0 aromatic heterocycles. The molecule has 1 rings (SSSR count). The van der Waals surface area contributed by atoms with Gasteiger partial charge in [0, 0.05) is 5.57 Å². The molecule has 1 heterocycles. The Morgan fingerprint density at radius 2 is 2.04 bits per heavy atom. The highest BCUT2D eigenvalue weighted by Crippen LogP contribution is 2.37. The summed E-state index contributed by atoms with van der Waals surface area (Å²) in [6.07, 6.45) is 2.90. The van der Waals surface area contributed by atoms with E-state index in [1.54, 1.807) is 4.90 Å². The van der Waals surface area contributed by atoms with Crippen LogP contribution < -0.4 is 0 Å². The third-order valence-corrected chi connectivity index (χ3v) is 9.07. The zero-order chi connectivity index (χ0) is 17.8. The Hall–Kier alpha value is -1.40. The van der Waals surface area contributed by atoms with Crippen molar-refractivity contribution in [2.45, 2.75) is 51.9 Å². The van der Waals surface area contributed by atoms with E-state index in [1.165, 1.54) is 13.0 Å². The fourth-order valence-corrected chi connectivity index (χ4v) is 2.99. The number of carbonyl (C=O) groups excluding carboxylic acids is 2. The largest absolute Gasteiger partial charge is 0.445 e. The number of Topliss-reactive ketones (excluding diaryl/α,β-unsaturated/α-hetero) is 1. The Kier molecular flexibility index (Phi) is 6.36. The quantitative estimate of drug-likeness (QED) is 0.549. The van der Waals surface area contributed by atoms with Crippen LogP contribution in [0.25, 0.3) is 0 Å². The van der Waals surface area contributed by atoms with Gasteiger partial charge < -0.3 is 9.16 Å². The monoisotopic (exact) mass is 339 g/mol. The molecule has 0 spiro atoms. The lowest BCUT2D eigenvalue weighted by Crippen LogP contribution is -2.46. The molecule has 1 aliphatic heterocycles. The van der Waals surface area contributed by atoms with E-state index in [9.17, 15) is 9.59 Å². The van der Waals surface area contributed by atoms with Gasteiger partial charge in [0.2, 0.25) is 0 Å². The summed E-state index contributed by atoms with van der Waals surface area (Å²) in [5.41, 5.74) is 0.629. The van der Waals surface area contributed by atoms with Gasteiger partial charge in [-0.25, -0.2) is 4.79 Å². The maximum absolute atomic E-state index is 12.2. The predicted octanol–water partition coefficient (Wildman–Crippen LogP) is 3.53. The van der Waals surface area contributed by atoms with E-state index in [1.807, 2.05) is 6.08 Å². The molecule has 130 valence electrons. The molecule has 1 aliphatic rings. The van der Waals surface area contributed by atoms with Crippen molar-refractivity contribution < 1.29 is 18.8 Å². The highest BCUT2D eigenvalue weighted by Gasteiger charge is 2.39. The second-order valence-corrected chi connectivity index (χ2v) is 12.2. The number of rotatable bonds is 6. The maximum Gasteiger partial charge on any atom is 0.410 e. The standard InChI is InChI=1S/C17H29NO4Si/c1-8-9-21-16(20)18-11-14(13(2)19)10-15(18)12-22-23(6,7)17(3,4)5/h8,10,15H,1,9,11-12H2,2-7H3. The third-order valence-electron chi connectivity index (χ3n) is 4.57. The van der Waals surface area contributed by atoms with Gasteiger partial charge in [-0.3, -0.25) is 9.69 Å². The van der Waals surface area contributed by atoms with E-state index in [2.05, 4.69) is 40.4 Å². The van der Waals surface area contributed by atoms with E-state index in [4.69, 9.17) is 9.16 Å². The van der Waals surface area contributed by atoms with Crippen molar-refractivity contribution in [1.82, 2.24) is 4.90 Å². The molecule has 6 heteroatoms. The van der Waals surface area contributed by atoms with Gasteiger partial charge in [-0.15, -0.1) is 0 Å². The lowest BCUT2D eigenvalue weighted by Gasteiger charge is -2.37. The second-order valence-electron chi connectivity index (χ2n) is 7.38. The fourth-order valence-electron chi connectivity index (χ4n) is 1.97. The van der Waals surface area contributed by atoms with Crippen molar-refractivity contribution in [2.24, 2.45) is 0 Å². The van der Waals surface area contributed by atoms with Crippen molar-refractivity contribution in [3.8, 4) is 0 Å². The number of nitrogens with zero attached hydrogens (tertiary/aromatic N) is 1. The van der Waals surface area contributed by atoms with Crippen LogP contribution in [0, 0.1) is 0 Å².